The van der Waals surface area contributed by atoms with Gasteiger partial charge in [-0.3, -0.25) is 0 Å². The number of aliphatic hydroxyl groups is 2. The third-order valence-electron chi connectivity index (χ3n) is 3.67. The maximum atomic E-state index is 12.4. The third kappa shape index (κ3) is 8.37. The van der Waals surface area contributed by atoms with E-state index in [0.29, 0.717) is 13.8 Å². The first-order valence-corrected chi connectivity index (χ1v) is 8.47. The molecule has 4 nitrogen and oxygen atoms in total. The van der Waals surface area contributed by atoms with Crippen LogP contribution in [-0.4, -0.2) is 69.3 Å². The maximum Gasteiger partial charge on any atom is 0.462 e. The predicted octanol–water partition coefficient (Wildman–Crippen LogP) is 6.26. The van der Waals surface area contributed by atoms with Crippen molar-refractivity contribution in [2.45, 2.75) is 75.7 Å². The van der Waals surface area contributed by atoms with Gasteiger partial charge < -0.3 is 15.3 Å². The summed E-state index contributed by atoms with van der Waals surface area (Å²) in [5, 5.41) is 22.4. The van der Waals surface area contributed by atoms with Gasteiger partial charge in [0, 0.05) is 11.8 Å². The molecule has 0 aliphatic rings. The zero-order chi connectivity index (χ0) is 30.7. The summed E-state index contributed by atoms with van der Waals surface area (Å²) in [6.07, 6.45) is -18.3. The Labute approximate surface area is 189 Å². The molecule has 0 aromatic rings. The van der Waals surface area contributed by atoms with E-state index in [1.807, 2.05) is 0 Å². The van der Waals surface area contributed by atoms with E-state index in [0.717, 1.165) is 13.8 Å². The van der Waals surface area contributed by atoms with Gasteiger partial charge in [-0.2, -0.15) is 74.6 Å². The van der Waals surface area contributed by atoms with Crippen LogP contribution in [0.15, 0.2) is 0 Å². The SMILES string of the molecule is CC(C)C(F)(F)C(F)(F)C(=O)O.CC(C)C(F)(F)C(F)(F)C(O)(F)F.OC(F)(F)C(F)(F)C(F)(F)F. The van der Waals surface area contributed by atoms with Crippen molar-refractivity contribution in [3.8, 4) is 0 Å². The molecule has 3 N–H and O–H groups in total. The molecule has 0 unspecified atom stereocenters. The second kappa shape index (κ2) is 11.3. The number of carbonyl (C=O) groups is 1. The Morgan fingerprint density at radius 1 is 0.528 bits per heavy atom. The highest BCUT2D eigenvalue weighted by molar-refractivity contribution is 5.76. The molecular formula is C15H17F17O4. The van der Waals surface area contributed by atoms with E-state index >= 15 is 0 Å². The Balaban J connectivity index is -0.000000455. The van der Waals surface area contributed by atoms with Crippen LogP contribution in [0.1, 0.15) is 27.7 Å². The number of aliphatic carboxylic acids is 1. The fourth-order valence-corrected chi connectivity index (χ4v) is 1.24. The number of rotatable bonds is 7. The Hall–Kier alpha value is -1.80. The number of hydrogen-bond acceptors (Lipinski definition) is 3. The van der Waals surface area contributed by atoms with Gasteiger partial charge in [-0.05, 0) is 0 Å². The van der Waals surface area contributed by atoms with Crippen molar-refractivity contribution >= 4 is 5.97 Å². The molecule has 0 amide bonds. The van der Waals surface area contributed by atoms with Crippen LogP contribution in [0.3, 0.4) is 0 Å². The average molecular weight is 584 g/mol. The normalized spacial score (nSPS) is 14.7. The van der Waals surface area contributed by atoms with Crippen molar-refractivity contribution < 1.29 is 94.8 Å². The molecule has 0 radical (unpaired) electrons. The number of alkyl halides is 17. The van der Waals surface area contributed by atoms with Crippen molar-refractivity contribution in [1.82, 2.24) is 0 Å². The summed E-state index contributed by atoms with van der Waals surface area (Å²) in [5.74, 6) is -33.1. The zero-order valence-electron chi connectivity index (χ0n) is 17.8. The van der Waals surface area contributed by atoms with Gasteiger partial charge in [0.2, 0.25) is 0 Å². The molecule has 0 atom stereocenters. The Kier molecular flexibility index (Phi) is 12.2. The highest BCUT2D eigenvalue weighted by Crippen LogP contribution is 2.48. The van der Waals surface area contributed by atoms with E-state index in [9.17, 15) is 79.4 Å². The minimum absolute atomic E-state index is 0.652. The number of carboxylic acids is 1. The van der Waals surface area contributed by atoms with E-state index in [4.69, 9.17) is 15.3 Å². The summed E-state index contributed by atoms with van der Waals surface area (Å²) >= 11 is 0. The van der Waals surface area contributed by atoms with Crippen molar-refractivity contribution in [3.63, 3.8) is 0 Å². The molecule has 21 heteroatoms. The second-order valence-electron chi connectivity index (χ2n) is 7.16. The highest BCUT2D eigenvalue weighted by Gasteiger charge is 2.73. The quantitative estimate of drug-likeness (QED) is 0.309. The topological polar surface area (TPSA) is 77.8 Å². The molecule has 0 spiro atoms. The summed E-state index contributed by atoms with van der Waals surface area (Å²) in [6, 6.07) is 0. The summed E-state index contributed by atoms with van der Waals surface area (Å²) in [4.78, 5) is 9.74. The van der Waals surface area contributed by atoms with E-state index in [2.05, 4.69) is 0 Å². The van der Waals surface area contributed by atoms with Crippen LogP contribution in [0.5, 0.6) is 0 Å². The molecule has 36 heavy (non-hydrogen) atoms. The van der Waals surface area contributed by atoms with Crippen LogP contribution in [-0.2, 0) is 4.79 Å². The van der Waals surface area contributed by atoms with Gasteiger partial charge in [-0.1, -0.05) is 27.7 Å². The molecule has 0 fully saturated rings. The van der Waals surface area contributed by atoms with Gasteiger partial charge in [0.25, 0.3) is 0 Å². The van der Waals surface area contributed by atoms with E-state index in [1.165, 1.54) is 0 Å². The van der Waals surface area contributed by atoms with Crippen molar-refractivity contribution in [2.24, 2.45) is 11.8 Å². The minimum Gasteiger partial charge on any atom is -0.477 e. The van der Waals surface area contributed by atoms with Crippen LogP contribution in [0, 0.1) is 11.8 Å². The largest absolute Gasteiger partial charge is 0.477 e. The zero-order valence-corrected chi connectivity index (χ0v) is 17.8. The summed E-state index contributed by atoms with van der Waals surface area (Å²) in [5.41, 5.74) is 0. The third-order valence-corrected chi connectivity index (χ3v) is 3.67. The first-order valence-electron chi connectivity index (χ1n) is 8.47. The fraction of sp³-hybridized carbons (Fsp3) is 0.933. The fourth-order valence-electron chi connectivity index (χ4n) is 1.24. The molecule has 0 bridgehead atoms. The Morgan fingerprint density at radius 2 is 0.778 bits per heavy atom. The highest BCUT2D eigenvalue weighted by atomic mass is 19.4. The molecule has 0 aromatic heterocycles. The molecule has 220 valence electrons. The lowest BCUT2D eigenvalue weighted by atomic mass is 9.99. The first-order chi connectivity index (χ1) is 15.1. The summed E-state index contributed by atoms with van der Waals surface area (Å²) in [7, 11) is 0. The summed E-state index contributed by atoms with van der Waals surface area (Å²) in [6.45, 7) is 2.97. The van der Waals surface area contributed by atoms with Crippen molar-refractivity contribution in [1.29, 1.82) is 0 Å². The van der Waals surface area contributed by atoms with Gasteiger partial charge in [-0.15, -0.1) is 0 Å². The van der Waals surface area contributed by atoms with Gasteiger partial charge in [0.15, 0.2) is 0 Å². The van der Waals surface area contributed by atoms with Crippen LogP contribution in [0.25, 0.3) is 0 Å². The lowest BCUT2D eigenvalue weighted by molar-refractivity contribution is -0.412. The average Bonchev–Trinajstić information content (AvgIpc) is 2.59. The second-order valence-corrected chi connectivity index (χ2v) is 7.16. The number of hydrogen-bond donors (Lipinski definition) is 3. The van der Waals surface area contributed by atoms with E-state index in [-0.39, 0.29) is 0 Å². The molecule has 0 aromatic carbocycles. The molecule has 0 rings (SSSR count). The Bertz CT molecular complexity index is 686. The maximum absolute atomic E-state index is 12.4. The molecular weight excluding hydrogens is 567 g/mol. The van der Waals surface area contributed by atoms with Crippen LogP contribution in [0.4, 0.5) is 74.6 Å². The van der Waals surface area contributed by atoms with Crippen LogP contribution < -0.4 is 0 Å². The number of halogens is 17. The van der Waals surface area contributed by atoms with Gasteiger partial charge in [0.1, 0.15) is 0 Å². The lowest BCUT2D eigenvalue weighted by Gasteiger charge is -2.31. The molecule has 0 heterocycles. The molecule has 0 saturated carbocycles. The number of carboxylic acid groups (broad SMARTS) is 1. The Morgan fingerprint density at radius 3 is 0.833 bits per heavy atom. The summed E-state index contributed by atoms with van der Waals surface area (Å²) < 4.78 is 200. The van der Waals surface area contributed by atoms with Gasteiger partial charge in [-0.25, -0.2) is 4.79 Å². The smallest absolute Gasteiger partial charge is 0.462 e. The van der Waals surface area contributed by atoms with Gasteiger partial charge >= 0.3 is 54.0 Å². The standard InChI is InChI=1S/C6H8F6O.C6H8F4O2.C3HF7O/c1-3(2)4(7,8)5(9,10)6(11,12)13;1-3(2)5(7,8)6(9,10)4(11)12;4-1(5,2(6,7)8)3(9,10)11/h3,13H,1-2H3;3H,1-2H3,(H,11,12);11H. The molecule has 0 aliphatic heterocycles. The molecule has 0 saturated heterocycles. The molecule has 0 aliphatic carbocycles. The van der Waals surface area contributed by atoms with Crippen molar-refractivity contribution in [3.05, 3.63) is 0 Å². The lowest BCUT2D eigenvalue weighted by Crippen LogP contribution is -2.56. The monoisotopic (exact) mass is 584 g/mol. The van der Waals surface area contributed by atoms with Gasteiger partial charge in [0.05, 0.1) is 0 Å². The minimum atomic E-state index is -6.45. The van der Waals surface area contributed by atoms with E-state index in [1.54, 1.807) is 0 Å². The van der Waals surface area contributed by atoms with E-state index < -0.39 is 65.8 Å². The van der Waals surface area contributed by atoms with Crippen LogP contribution in [0.2, 0.25) is 0 Å². The van der Waals surface area contributed by atoms with Crippen LogP contribution >= 0.6 is 0 Å². The predicted molar refractivity (Wildman–Crippen MR) is 82.4 cm³/mol. The van der Waals surface area contributed by atoms with Crippen molar-refractivity contribution in [2.75, 3.05) is 0 Å². The first kappa shape index (κ1) is 38.7.